The second-order valence-electron chi connectivity index (χ2n) is 2.69. The Labute approximate surface area is 62.5 Å². The summed E-state index contributed by atoms with van der Waals surface area (Å²) in [5, 5.41) is 0. The molecule has 1 heterocycles. The van der Waals surface area contributed by atoms with Gasteiger partial charge in [0.2, 0.25) is 0 Å². The maximum Gasteiger partial charge on any atom is 0.403 e. The van der Waals surface area contributed by atoms with Crippen molar-refractivity contribution >= 4 is 0 Å². The molecule has 1 aliphatic heterocycles. The van der Waals surface area contributed by atoms with Gasteiger partial charge in [0.25, 0.3) is 0 Å². The molecule has 5 heteroatoms. The summed E-state index contributed by atoms with van der Waals surface area (Å²) in [5.41, 5.74) is 4.95. The van der Waals surface area contributed by atoms with E-state index in [0.29, 0.717) is 13.0 Å². The van der Waals surface area contributed by atoms with Gasteiger partial charge in [0.1, 0.15) is 6.04 Å². The molecule has 66 valence electrons. The smallest absolute Gasteiger partial charge is 0.381 e. The highest BCUT2D eigenvalue weighted by molar-refractivity contribution is 4.81. The molecule has 2 atom stereocenters. The fraction of sp³-hybridized carbons (Fsp3) is 1.00. The van der Waals surface area contributed by atoms with Gasteiger partial charge in [-0.1, -0.05) is 0 Å². The summed E-state index contributed by atoms with van der Waals surface area (Å²) in [7, 11) is 0. The van der Waals surface area contributed by atoms with Crippen molar-refractivity contribution in [1.29, 1.82) is 0 Å². The Balaban J connectivity index is 2.46. The largest absolute Gasteiger partial charge is 0.403 e. The maximum atomic E-state index is 11.9. The van der Waals surface area contributed by atoms with Gasteiger partial charge < -0.3 is 10.5 Å². The Hall–Kier alpha value is -0.290. The summed E-state index contributed by atoms with van der Waals surface area (Å²) in [6.45, 7) is 0.537. The molecule has 0 unspecified atom stereocenters. The Bertz CT molecular complexity index is 130. The first-order valence-electron chi connectivity index (χ1n) is 3.42. The van der Waals surface area contributed by atoms with Crippen molar-refractivity contribution in [1.82, 2.24) is 0 Å². The number of halogens is 3. The van der Waals surface area contributed by atoms with Gasteiger partial charge >= 0.3 is 6.18 Å². The normalized spacial score (nSPS) is 28.9. The molecule has 0 amide bonds. The summed E-state index contributed by atoms with van der Waals surface area (Å²) in [5.74, 6) is -0.546. The molecule has 1 rings (SSSR count). The molecule has 1 saturated heterocycles. The van der Waals surface area contributed by atoms with E-state index >= 15 is 0 Å². The molecular weight excluding hydrogens is 159 g/mol. The predicted octanol–water partition coefficient (Wildman–Crippen LogP) is 0.912. The lowest BCUT2D eigenvalue weighted by molar-refractivity contribution is -0.158. The van der Waals surface area contributed by atoms with Gasteiger partial charge in [0.15, 0.2) is 0 Å². The van der Waals surface area contributed by atoms with Crippen molar-refractivity contribution in [3.63, 3.8) is 0 Å². The third kappa shape index (κ3) is 2.07. The zero-order valence-corrected chi connectivity index (χ0v) is 5.90. The quantitative estimate of drug-likeness (QED) is 0.633. The van der Waals surface area contributed by atoms with Crippen LogP contribution in [0, 0.1) is 5.92 Å². The number of hydrogen-bond acceptors (Lipinski definition) is 2. The molecule has 11 heavy (non-hydrogen) atoms. The minimum Gasteiger partial charge on any atom is -0.381 e. The van der Waals surface area contributed by atoms with E-state index in [0.717, 1.165) is 0 Å². The molecule has 0 saturated carbocycles. The number of ether oxygens (including phenoxy) is 1. The van der Waals surface area contributed by atoms with E-state index in [-0.39, 0.29) is 6.61 Å². The lowest BCUT2D eigenvalue weighted by atomic mass is 10.00. The van der Waals surface area contributed by atoms with E-state index < -0.39 is 18.1 Å². The van der Waals surface area contributed by atoms with Crippen LogP contribution in [-0.2, 0) is 4.74 Å². The molecule has 1 aliphatic rings. The van der Waals surface area contributed by atoms with Crippen molar-refractivity contribution < 1.29 is 17.9 Å². The molecule has 2 nitrogen and oxygen atoms in total. The topological polar surface area (TPSA) is 35.2 Å². The van der Waals surface area contributed by atoms with Crippen molar-refractivity contribution in [3.8, 4) is 0 Å². The molecule has 0 aromatic heterocycles. The van der Waals surface area contributed by atoms with Crippen LogP contribution < -0.4 is 5.73 Å². The van der Waals surface area contributed by atoms with Gasteiger partial charge in [-0.15, -0.1) is 0 Å². The van der Waals surface area contributed by atoms with E-state index in [9.17, 15) is 13.2 Å². The predicted molar refractivity (Wildman–Crippen MR) is 33.0 cm³/mol. The van der Waals surface area contributed by atoms with Crippen molar-refractivity contribution in [3.05, 3.63) is 0 Å². The first kappa shape index (κ1) is 8.80. The minimum atomic E-state index is -4.28. The summed E-state index contributed by atoms with van der Waals surface area (Å²) in [6.07, 6.45) is -3.86. The van der Waals surface area contributed by atoms with Gasteiger partial charge in [-0.3, -0.25) is 0 Å². The third-order valence-electron chi connectivity index (χ3n) is 1.85. The molecule has 0 radical (unpaired) electrons. The van der Waals surface area contributed by atoms with Gasteiger partial charge in [0, 0.05) is 12.5 Å². The van der Waals surface area contributed by atoms with Crippen molar-refractivity contribution in [2.24, 2.45) is 11.7 Å². The lowest BCUT2D eigenvalue weighted by Crippen LogP contribution is -2.43. The molecule has 2 N–H and O–H groups in total. The summed E-state index contributed by atoms with van der Waals surface area (Å²) in [4.78, 5) is 0. The number of alkyl halides is 3. The highest BCUT2D eigenvalue weighted by Gasteiger charge is 2.42. The minimum absolute atomic E-state index is 0.140. The van der Waals surface area contributed by atoms with Crippen LogP contribution in [0.2, 0.25) is 0 Å². The highest BCUT2D eigenvalue weighted by atomic mass is 19.4. The Kier molecular flexibility index (Phi) is 2.39. The van der Waals surface area contributed by atoms with Crippen molar-refractivity contribution in [2.75, 3.05) is 13.2 Å². The Morgan fingerprint density at radius 3 is 2.45 bits per heavy atom. The molecule has 0 spiro atoms. The fourth-order valence-electron chi connectivity index (χ4n) is 1.10. The first-order valence-corrected chi connectivity index (χ1v) is 3.42. The average Bonchev–Trinajstić information content (AvgIpc) is 2.34. The molecule has 1 fully saturated rings. The van der Waals surface area contributed by atoms with Crippen LogP contribution >= 0.6 is 0 Å². The van der Waals surface area contributed by atoms with Gasteiger partial charge in [0.05, 0.1) is 6.61 Å². The molecular formula is C6H10F3NO. The first-order chi connectivity index (χ1) is 5.02. The van der Waals surface area contributed by atoms with E-state index in [1.54, 1.807) is 0 Å². The van der Waals surface area contributed by atoms with Crippen LogP contribution in [0.3, 0.4) is 0 Å². The van der Waals surface area contributed by atoms with Crippen LogP contribution in [-0.4, -0.2) is 25.4 Å². The molecule has 0 aliphatic carbocycles. The second-order valence-corrected chi connectivity index (χ2v) is 2.69. The summed E-state index contributed by atoms with van der Waals surface area (Å²) >= 11 is 0. The van der Waals surface area contributed by atoms with Crippen molar-refractivity contribution in [2.45, 2.75) is 18.6 Å². The van der Waals surface area contributed by atoms with Gasteiger partial charge in [-0.25, -0.2) is 0 Å². The zero-order valence-electron chi connectivity index (χ0n) is 5.90. The van der Waals surface area contributed by atoms with E-state index in [1.165, 1.54) is 0 Å². The van der Waals surface area contributed by atoms with Gasteiger partial charge in [-0.05, 0) is 6.42 Å². The second kappa shape index (κ2) is 2.98. The zero-order chi connectivity index (χ0) is 8.48. The fourth-order valence-corrected chi connectivity index (χ4v) is 1.10. The molecule has 0 aromatic carbocycles. The van der Waals surface area contributed by atoms with Crippen LogP contribution in [0.25, 0.3) is 0 Å². The van der Waals surface area contributed by atoms with E-state index in [4.69, 9.17) is 10.5 Å². The highest BCUT2D eigenvalue weighted by Crippen LogP contribution is 2.28. The van der Waals surface area contributed by atoms with E-state index in [1.807, 2.05) is 0 Å². The van der Waals surface area contributed by atoms with Crippen LogP contribution in [0.15, 0.2) is 0 Å². The number of hydrogen-bond donors (Lipinski definition) is 1. The van der Waals surface area contributed by atoms with E-state index in [2.05, 4.69) is 0 Å². The Morgan fingerprint density at radius 1 is 1.45 bits per heavy atom. The number of nitrogens with two attached hydrogens (primary N) is 1. The summed E-state index contributed by atoms with van der Waals surface area (Å²) < 4.78 is 40.6. The SMILES string of the molecule is N[C@@H]([C@H]1CCOC1)C(F)(F)F. The van der Waals surface area contributed by atoms with Gasteiger partial charge in [-0.2, -0.15) is 13.2 Å². The van der Waals surface area contributed by atoms with Crippen LogP contribution in [0.5, 0.6) is 0 Å². The third-order valence-corrected chi connectivity index (χ3v) is 1.85. The van der Waals surface area contributed by atoms with Crippen LogP contribution in [0.4, 0.5) is 13.2 Å². The monoisotopic (exact) mass is 169 g/mol. The maximum absolute atomic E-state index is 11.9. The summed E-state index contributed by atoms with van der Waals surface area (Å²) in [6, 6.07) is -1.72. The average molecular weight is 169 g/mol. The lowest BCUT2D eigenvalue weighted by Gasteiger charge is -2.20. The van der Waals surface area contributed by atoms with Crippen LogP contribution in [0.1, 0.15) is 6.42 Å². The molecule has 0 bridgehead atoms. The molecule has 0 aromatic rings. The number of rotatable bonds is 1. The standard InChI is InChI=1S/C6H10F3NO/c7-6(8,9)5(10)4-1-2-11-3-4/h4-5H,1-3,10H2/t4-,5-/m0/s1. The Morgan fingerprint density at radius 2 is 2.09 bits per heavy atom.